The summed E-state index contributed by atoms with van der Waals surface area (Å²) in [5, 5.41) is 0. The fraction of sp³-hybridized carbons (Fsp3) is 0.824. The van der Waals surface area contributed by atoms with Crippen LogP contribution in [0.3, 0.4) is 0 Å². The highest BCUT2D eigenvalue weighted by Crippen LogP contribution is 2.13. The Morgan fingerprint density at radius 2 is 1.75 bits per heavy atom. The van der Waals surface area contributed by atoms with Gasteiger partial charge < -0.3 is 9.64 Å². The minimum atomic E-state index is 0.131. The van der Waals surface area contributed by atoms with Gasteiger partial charge in [-0.25, -0.2) is 0 Å². The van der Waals surface area contributed by atoms with E-state index in [0.717, 1.165) is 26.1 Å². The number of unbranched alkanes of at least 4 members (excludes halogenated alkanes) is 7. The number of ether oxygens (including phenoxy) is 1. The highest BCUT2D eigenvalue weighted by Gasteiger charge is 2.26. The lowest BCUT2D eigenvalue weighted by atomic mass is 10.1. The summed E-state index contributed by atoms with van der Waals surface area (Å²) in [6, 6.07) is 0. The van der Waals surface area contributed by atoms with Crippen molar-refractivity contribution in [3.8, 4) is 0 Å². The molecule has 1 fully saturated rings. The first-order chi connectivity index (χ1) is 9.77. The zero-order chi connectivity index (χ0) is 14.6. The average molecular weight is 281 g/mol. The molecule has 3 nitrogen and oxygen atoms in total. The van der Waals surface area contributed by atoms with Gasteiger partial charge in [0, 0.05) is 13.1 Å². The Hall–Kier alpha value is -0.830. The average Bonchev–Trinajstić information content (AvgIpc) is 3.24. The number of epoxide rings is 1. The number of carbonyl (C=O) groups excluding carboxylic acids is 1. The smallest absolute Gasteiger partial charge is 0.246 e. The summed E-state index contributed by atoms with van der Waals surface area (Å²) in [5.74, 6) is 0.131. The van der Waals surface area contributed by atoms with Gasteiger partial charge in [0.25, 0.3) is 0 Å². The van der Waals surface area contributed by atoms with E-state index in [-0.39, 0.29) is 5.91 Å². The Morgan fingerprint density at radius 1 is 1.15 bits per heavy atom. The summed E-state index contributed by atoms with van der Waals surface area (Å²) in [6.45, 7) is 6.59. The van der Waals surface area contributed by atoms with Crippen LogP contribution in [-0.2, 0) is 9.53 Å². The highest BCUT2D eigenvalue weighted by molar-refractivity contribution is 5.87. The van der Waals surface area contributed by atoms with Crippen LogP contribution in [0.4, 0.5) is 0 Å². The van der Waals surface area contributed by atoms with Crippen LogP contribution in [0.25, 0.3) is 0 Å². The van der Waals surface area contributed by atoms with Crippen LogP contribution in [-0.4, -0.2) is 36.6 Å². The zero-order valence-corrected chi connectivity index (χ0v) is 13.3. The van der Waals surface area contributed by atoms with Crippen molar-refractivity contribution in [2.45, 2.75) is 71.3 Å². The number of hydrogen-bond acceptors (Lipinski definition) is 2. The highest BCUT2D eigenvalue weighted by atomic mass is 16.6. The maximum atomic E-state index is 11.9. The van der Waals surface area contributed by atoms with E-state index in [9.17, 15) is 4.79 Å². The summed E-state index contributed by atoms with van der Waals surface area (Å²) in [4.78, 5) is 13.9. The molecule has 0 aromatic heterocycles. The molecule has 20 heavy (non-hydrogen) atoms. The largest absolute Gasteiger partial charge is 0.371 e. The summed E-state index contributed by atoms with van der Waals surface area (Å²) in [7, 11) is 0. The molecule has 0 N–H and O–H groups in total. The van der Waals surface area contributed by atoms with Crippen molar-refractivity contribution >= 4 is 5.91 Å². The van der Waals surface area contributed by atoms with Crippen molar-refractivity contribution in [2.75, 3.05) is 19.7 Å². The second-order valence-corrected chi connectivity index (χ2v) is 5.71. The number of hydrogen-bond donors (Lipinski definition) is 0. The van der Waals surface area contributed by atoms with Crippen LogP contribution in [0.15, 0.2) is 12.2 Å². The van der Waals surface area contributed by atoms with Gasteiger partial charge in [-0.05, 0) is 19.4 Å². The molecule has 0 spiro atoms. The number of nitrogens with zero attached hydrogens (tertiary/aromatic N) is 1. The normalized spacial score (nSPS) is 17.6. The van der Waals surface area contributed by atoms with Crippen molar-refractivity contribution in [3.63, 3.8) is 0 Å². The van der Waals surface area contributed by atoms with Gasteiger partial charge in [0.2, 0.25) is 5.91 Å². The van der Waals surface area contributed by atoms with Crippen molar-refractivity contribution in [3.05, 3.63) is 12.2 Å². The monoisotopic (exact) mass is 281 g/mol. The fourth-order valence-electron chi connectivity index (χ4n) is 2.40. The molecule has 0 saturated carbocycles. The third kappa shape index (κ3) is 8.36. The molecule has 116 valence electrons. The fourth-order valence-corrected chi connectivity index (χ4v) is 2.40. The van der Waals surface area contributed by atoms with E-state index >= 15 is 0 Å². The maximum Gasteiger partial charge on any atom is 0.246 e. The van der Waals surface area contributed by atoms with Crippen molar-refractivity contribution in [2.24, 2.45) is 0 Å². The SMILES string of the molecule is C/C=C/C(=O)N(CCCCCCCCCC)CC1CO1. The standard InChI is InChI=1S/C17H31NO2/c1-3-5-6-7-8-9-10-11-13-18(14-16-15-20-16)17(19)12-4-2/h4,12,16H,3,5-11,13-15H2,1-2H3/b12-4+. The Balaban J connectivity index is 2.07. The molecule has 1 atom stereocenters. The Morgan fingerprint density at radius 3 is 2.30 bits per heavy atom. The molecule has 3 heteroatoms. The van der Waals surface area contributed by atoms with E-state index in [4.69, 9.17) is 4.74 Å². The quantitative estimate of drug-likeness (QED) is 0.308. The van der Waals surface area contributed by atoms with E-state index < -0.39 is 0 Å². The van der Waals surface area contributed by atoms with Crippen molar-refractivity contribution in [1.82, 2.24) is 4.90 Å². The molecule has 1 unspecified atom stereocenters. The first kappa shape index (κ1) is 17.2. The zero-order valence-electron chi connectivity index (χ0n) is 13.3. The molecule has 1 rings (SSSR count). The van der Waals surface area contributed by atoms with Gasteiger partial charge >= 0.3 is 0 Å². The van der Waals surface area contributed by atoms with Gasteiger partial charge in [-0.2, -0.15) is 0 Å². The molecule has 1 aliphatic rings. The van der Waals surface area contributed by atoms with Crippen LogP contribution in [0.2, 0.25) is 0 Å². The number of allylic oxidation sites excluding steroid dienone is 1. The molecule has 1 heterocycles. The van der Waals surface area contributed by atoms with Gasteiger partial charge in [0.1, 0.15) is 0 Å². The summed E-state index contributed by atoms with van der Waals surface area (Å²) >= 11 is 0. The van der Waals surface area contributed by atoms with E-state index in [1.807, 2.05) is 17.9 Å². The molecule has 0 bridgehead atoms. The van der Waals surface area contributed by atoms with Gasteiger partial charge in [-0.1, -0.05) is 57.9 Å². The van der Waals surface area contributed by atoms with Crippen LogP contribution in [0, 0.1) is 0 Å². The van der Waals surface area contributed by atoms with E-state index in [2.05, 4.69) is 6.92 Å². The minimum absolute atomic E-state index is 0.131. The second kappa shape index (κ2) is 10.9. The third-order valence-electron chi connectivity index (χ3n) is 3.73. The van der Waals surface area contributed by atoms with Crippen LogP contribution in [0.1, 0.15) is 65.2 Å². The number of carbonyl (C=O) groups is 1. The predicted octanol–water partition coefficient (Wildman–Crippen LogP) is 3.93. The lowest BCUT2D eigenvalue weighted by Gasteiger charge is -2.20. The van der Waals surface area contributed by atoms with Crippen LogP contribution in [0.5, 0.6) is 0 Å². The lowest BCUT2D eigenvalue weighted by molar-refractivity contribution is -0.126. The van der Waals surface area contributed by atoms with Crippen molar-refractivity contribution in [1.29, 1.82) is 0 Å². The first-order valence-electron chi connectivity index (χ1n) is 8.31. The van der Waals surface area contributed by atoms with Gasteiger partial charge in [0.05, 0.1) is 12.7 Å². The molecule has 0 aromatic rings. The maximum absolute atomic E-state index is 11.9. The predicted molar refractivity (Wildman–Crippen MR) is 83.7 cm³/mol. The van der Waals surface area contributed by atoms with E-state index in [1.165, 1.54) is 44.9 Å². The first-order valence-corrected chi connectivity index (χ1v) is 8.31. The molecule has 1 saturated heterocycles. The van der Waals surface area contributed by atoms with Crippen LogP contribution >= 0.6 is 0 Å². The number of rotatable bonds is 12. The molecular weight excluding hydrogens is 250 g/mol. The molecule has 0 aliphatic carbocycles. The third-order valence-corrected chi connectivity index (χ3v) is 3.73. The minimum Gasteiger partial charge on any atom is -0.371 e. The van der Waals surface area contributed by atoms with Gasteiger partial charge in [0.15, 0.2) is 0 Å². The number of amides is 1. The Labute approximate surface area is 124 Å². The topological polar surface area (TPSA) is 32.8 Å². The lowest BCUT2D eigenvalue weighted by Crippen LogP contribution is -2.34. The Bertz CT molecular complexity index is 285. The molecule has 1 aliphatic heterocycles. The summed E-state index contributed by atoms with van der Waals surface area (Å²) < 4.78 is 5.23. The van der Waals surface area contributed by atoms with Gasteiger partial charge in [-0.3, -0.25) is 4.79 Å². The summed E-state index contributed by atoms with van der Waals surface area (Å²) in [5.41, 5.74) is 0. The molecule has 0 aromatic carbocycles. The van der Waals surface area contributed by atoms with Crippen LogP contribution < -0.4 is 0 Å². The second-order valence-electron chi connectivity index (χ2n) is 5.71. The van der Waals surface area contributed by atoms with E-state index in [0.29, 0.717) is 6.10 Å². The van der Waals surface area contributed by atoms with Gasteiger partial charge in [-0.15, -0.1) is 0 Å². The summed E-state index contributed by atoms with van der Waals surface area (Å²) in [6.07, 6.45) is 14.2. The molecule has 0 radical (unpaired) electrons. The Kier molecular flexibility index (Phi) is 9.38. The molecule has 1 amide bonds. The van der Waals surface area contributed by atoms with Crippen molar-refractivity contribution < 1.29 is 9.53 Å². The molecular formula is C17H31NO2. The van der Waals surface area contributed by atoms with E-state index in [1.54, 1.807) is 6.08 Å².